The Morgan fingerprint density at radius 2 is 1.56 bits per heavy atom. The van der Waals surface area contributed by atoms with Crippen LogP contribution in [0.25, 0.3) is 11.3 Å². The summed E-state index contributed by atoms with van der Waals surface area (Å²) < 4.78 is 10.3. The number of ether oxygens (including phenoxy) is 1. The first kappa shape index (κ1) is 16.8. The molecule has 0 saturated carbocycles. The minimum Gasteiger partial charge on any atom is -0.378 e. The second-order valence-corrected chi connectivity index (χ2v) is 7.76. The van der Waals surface area contributed by atoms with Crippen LogP contribution in [0.15, 0.2) is 22.1 Å². The first-order valence-electron chi connectivity index (χ1n) is 9.19. The highest BCUT2D eigenvalue weighted by Crippen LogP contribution is 2.29. The molecule has 5 rings (SSSR count). The highest BCUT2D eigenvalue weighted by molar-refractivity contribution is 7.09. The molecule has 2 aliphatic rings. The summed E-state index contributed by atoms with van der Waals surface area (Å²) in [6.45, 7) is 7.83. The average Bonchev–Trinajstić information content (AvgIpc) is 3.40. The van der Waals surface area contributed by atoms with Crippen LogP contribution in [0.4, 0.5) is 11.6 Å². The molecule has 0 amide bonds. The highest BCUT2D eigenvalue weighted by atomic mass is 32.1. The summed E-state index contributed by atoms with van der Waals surface area (Å²) in [5, 5.41) is 9.89. The maximum absolute atomic E-state index is 5.49. The predicted octanol–water partition coefficient (Wildman–Crippen LogP) is 1.23. The van der Waals surface area contributed by atoms with Crippen molar-refractivity contribution in [3.05, 3.63) is 22.4 Å². The van der Waals surface area contributed by atoms with E-state index in [1.165, 1.54) is 4.88 Å². The van der Waals surface area contributed by atoms with Crippen molar-refractivity contribution < 1.29 is 9.37 Å². The summed E-state index contributed by atoms with van der Waals surface area (Å²) in [5.74, 6) is 1.73. The summed E-state index contributed by atoms with van der Waals surface area (Å²) in [6, 6.07) is 4.31. The Kier molecular flexibility index (Phi) is 4.60. The van der Waals surface area contributed by atoms with E-state index in [1.54, 1.807) is 0 Å². The predicted molar refractivity (Wildman–Crippen MR) is 102 cm³/mol. The standard InChI is InChI=1S/C17H21N7O2S/c1-2-13(27-11-1)12-22-3-5-23(6-4-22)16-17(24-7-9-25-10-8-24)19-15-14(18-16)20-26-21-15/h1-2,11H,3-10,12H2. The van der Waals surface area contributed by atoms with Gasteiger partial charge in [-0.1, -0.05) is 6.07 Å². The molecule has 142 valence electrons. The minimum absolute atomic E-state index is 0.455. The Morgan fingerprint density at radius 3 is 2.19 bits per heavy atom. The first-order chi connectivity index (χ1) is 13.4. The molecule has 0 N–H and O–H groups in total. The Labute approximate surface area is 160 Å². The van der Waals surface area contributed by atoms with Crippen LogP contribution < -0.4 is 9.80 Å². The van der Waals surface area contributed by atoms with E-state index in [-0.39, 0.29) is 0 Å². The van der Waals surface area contributed by atoms with Gasteiger partial charge in [-0.2, -0.15) is 0 Å². The lowest BCUT2D eigenvalue weighted by Gasteiger charge is -2.37. The maximum Gasteiger partial charge on any atom is 0.245 e. The molecule has 3 aromatic heterocycles. The lowest BCUT2D eigenvalue weighted by molar-refractivity contribution is 0.122. The molecule has 10 heteroatoms. The number of piperazine rings is 1. The number of morpholine rings is 1. The van der Waals surface area contributed by atoms with Crippen LogP contribution in [0.1, 0.15) is 4.88 Å². The van der Waals surface area contributed by atoms with E-state index in [1.807, 2.05) is 11.3 Å². The molecule has 2 saturated heterocycles. The van der Waals surface area contributed by atoms with Crippen LogP contribution in [-0.4, -0.2) is 77.7 Å². The van der Waals surface area contributed by atoms with Gasteiger partial charge in [-0.15, -0.1) is 11.3 Å². The number of hydrogen-bond donors (Lipinski definition) is 0. The van der Waals surface area contributed by atoms with Gasteiger partial charge in [-0.3, -0.25) is 4.90 Å². The molecule has 0 radical (unpaired) electrons. The van der Waals surface area contributed by atoms with Crippen LogP contribution in [-0.2, 0) is 11.3 Å². The van der Waals surface area contributed by atoms with E-state index in [4.69, 9.17) is 19.3 Å². The second-order valence-electron chi connectivity index (χ2n) is 6.72. The summed E-state index contributed by atoms with van der Waals surface area (Å²) in [6.07, 6.45) is 0. The smallest absolute Gasteiger partial charge is 0.245 e. The van der Waals surface area contributed by atoms with Gasteiger partial charge in [0.2, 0.25) is 11.3 Å². The third kappa shape index (κ3) is 3.47. The van der Waals surface area contributed by atoms with Crippen molar-refractivity contribution in [3.63, 3.8) is 0 Å². The van der Waals surface area contributed by atoms with E-state index in [0.29, 0.717) is 24.5 Å². The van der Waals surface area contributed by atoms with Gasteiger partial charge >= 0.3 is 0 Å². The van der Waals surface area contributed by atoms with Crippen molar-refractivity contribution in [2.75, 3.05) is 62.3 Å². The topological polar surface area (TPSA) is 83.7 Å². The van der Waals surface area contributed by atoms with Gasteiger partial charge in [0.1, 0.15) is 0 Å². The zero-order chi connectivity index (χ0) is 18.1. The molecule has 0 spiro atoms. The van der Waals surface area contributed by atoms with Gasteiger partial charge < -0.3 is 14.5 Å². The summed E-state index contributed by atoms with van der Waals surface area (Å²) >= 11 is 1.82. The first-order valence-corrected chi connectivity index (χ1v) is 10.1. The lowest BCUT2D eigenvalue weighted by atomic mass is 10.3. The van der Waals surface area contributed by atoms with Gasteiger partial charge in [0.25, 0.3) is 0 Å². The van der Waals surface area contributed by atoms with E-state index in [0.717, 1.165) is 57.4 Å². The molecule has 0 atom stereocenters. The third-order valence-electron chi connectivity index (χ3n) is 5.02. The van der Waals surface area contributed by atoms with Crippen molar-refractivity contribution >= 4 is 34.3 Å². The fraction of sp³-hybridized carbons (Fsp3) is 0.529. The SMILES string of the molecule is c1csc(CN2CCN(c3nc4nonc4nc3N3CCOCC3)CC2)c1. The average molecular weight is 387 g/mol. The molecule has 2 aliphatic heterocycles. The molecule has 3 aromatic rings. The van der Waals surface area contributed by atoms with Crippen molar-refractivity contribution in [1.29, 1.82) is 0 Å². The molecular weight excluding hydrogens is 366 g/mol. The number of rotatable bonds is 4. The lowest BCUT2D eigenvalue weighted by Crippen LogP contribution is -2.47. The molecule has 0 aliphatic carbocycles. The summed E-state index contributed by atoms with van der Waals surface area (Å²) in [5.41, 5.74) is 0.916. The van der Waals surface area contributed by atoms with Crippen molar-refractivity contribution in [2.45, 2.75) is 6.54 Å². The van der Waals surface area contributed by atoms with Crippen LogP contribution in [0.3, 0.4) is 0 Å². The quantitative estimate of drug-likeness (QED) is 0.656. The summed E-state index contributed by atoms with van der Waals surface area (Å²) in [4.78, 5) is 17.9. The largest absolute Gasteiger partial charge is 0.378 e. The number of anilines is 2. The number of fused-ring (bicyclic) bond motifs is 1. The number of hydrogen-bond acceptors (Lipinski definition) is 10. The molecule has 5 heterocycles. The fourth-order valence-electron chi connectivity index (χ4n) is 3.56. The fourth-order valence-corrected chi connectivity index (χ4v) is 4.31. The molecular formula is C17H21N7O2S. The number of nitrogens with zero attached hydrogens (tertiary/aromatic N) is 7. The molecule has 9 nitrogen and oxygen atoms in total. The zero-order valence-electron chi connectivity index (χ0n) is 15.0. The van der Waals surface area contributed by atoms with E-state index in [9.17, 15) is 0 Å². The van der Waals surface area contributed by atoms with Crippen molar-refractivity contribution in [2.24, 2.45) is 0 Å². The molecule has 2 fully saturated rings. The van der Waals surface area contributed by atoms with Crippen LogP contribution in [0, 0.1) is 0 Å². The Bertz CT molecular complexity index is 886. The maximum atomic E-state index is 5.49. The van der Waals surface area contributed by atoms with Crippen molar-refractivity contribution in [3.8, 4) is 0 Å². The van der Waals surface area contributed by atoms with Gasteiger partial charge in [-0.05, 0) is 21.8 Å². The number of aromatic nitrogens is 4. The van der Waals surface area contributed by atoms with E-state index >= 15 is 0 Å². The van der Waals surface area contributed by atoms with Crippen LogP contribution >= 0.6 is 11.3 Å². The van der Waals surface area contributed by atoms with E-state index < -0.39 is 0 Å². The Hall–Kier alpha value is -2.30. The monoisotopic (exact) mass is 387 g/mol. The van der Waals surface area contributed by atoms with Gasteiger partial charge in [0, 0.05) is 50.7 Å². The number of thiophene rings is 1. The molecule has 27 heavy (non-hydrogen) atoms. The van der Waals surface area contributed by atoms with Gasteiger partial charge in [0.15, 0.2) is 11.6 Å². The van der Waals surface area contributed by atoms with Crippen molar-refractivity contribution in [1.82, 2.24) is 25.2 Å². The van der Waals surface area contributed by atoms with Crippen LogP contribution in [0.2, 0.25) is 0 Å². The third-order valence-corrected chi connectivity index (χ3v) is 5.88. The Morgan fingerprint density at radius 1 is 0.889 bits per heavy atom. The molecule has 0 bridgehead atoms. The molecule has 0 unspecified atom stereocenters. The zero-order valence-corrected chi connectivity index (χ0v) is 15.8. The van der Waals surface area contributed by atoms with Gasteiger partial charge in [0.05, 0.1) is 13.2 Å². The second kappa shape index (κ2) is 7.37. The molecule has 0 aromatic carbocycles. The van der Waals surface area contributed by atoms with Crippen LogP contribution in [0.5, 0.6) is 0 Å². The minimum atomic E-state index is 0.455. The Balaban J connectivity index is 1.37. The normalized spacial score (nSPS) is 19.1. The summed E-state index contributed by atoms with van der Waals surface area (Å²) in [7, 11) is 0. The van der Waals surface area contributed by atoms with Gasteiger partial charge in [-0.25, -0.2) is 14.6 Å². The van der Waals surface area contributed by atoms with E-state index in [2.05, 4.69) is 42.5 Å². The highest BCUT2D eigenvalue weighted by Gasteiger charge is 2.26.